The van der Waals surface area contributed by atoms with E-state index in [1.165, 1.54) is 36.2 Å². The van der Waals surface area contributed by atoms with Gasteiger partial charge in [-0.25, -0.2) is 8.42 Å². The zero-order valence-electron chi connectivity index (χ0n) is 15.6. The highest BCUT2D eigenvalue weighted by atomic mass is 35.5. The lowest BCUT2D eigenvalue weighted by atomic mass is 10.2. The Balaban J connectivity index is 1.64. The van der Waals surface area contributed by atoms with E-state index in [9.17, 15) is 13.2 Å². The van der Waals surface area contributed by atoms with Crippen LogP contribution in [0.5, 0.6) is 11.5 Å². The number of sulfonamides is 1. The van der Waals surface area contributed by atoms with E-state index in [4.69, 9.17) is 21.1 Å². The largest absolute Gasteiger partial charge is 0.486 e. The molecule has 3 rings (SSSR count). The Labute approximate surface area is 169 Å². The molecule has 2 aromatic carbocycles. The van der Waals surface area contributed by atoms with Gasteiger partial charge in [-0.05, 0) is 42.0 Å². The van der Waals surface area contributed by atoms with Gasteiger partial charge < -0.3 is 14.4 Å². The number of carbonyl (C=O) groups is 1. The molecule has 0 bridgehead atoms. The number of nitrogens with zero attached hydrogens (tertiary/aromatic N) is 2. The van der Waals surface area contributed by atoms with Crippen LogP contribution >= 0.6 is 11.6 Å². The van der Waals surface area contributed by atoms with Crippen molar-refractivity contribution in [3.63, 3.8) is 0 Å². The summed E-state index contributed by atoms with van der Waals surface area (Å²) >= 11 is 5.80. The first-order chi connectivity index (χ1) is 13.3. The number of carbonyl (C=O) groups excluding carboxylic acids is 1. The molecule has 9 heteroatoms. The van der Waals surface area contributed by atoms with Gasteiger partial charge in [0, 0.05) is 25.7 Å². The fraction of sp³-hybridized carbons (Fsp3) is 0.316. The summed E-state index contributed by atoms with van der Waals surface area (Å²) < 4.78 is 37.3. The zero-order valence-corrected chi connectivity index (χ0v) is 17.2. The van der Waals surface area contributed by atoms with Crippen LogP contribution in [0.3, 0.4) is 0 Å². The number of ether oxygens (including phenoxy) is 2. The van der Waals surface area contributed by atoms with Crippen molar-refractivity contribution >= 4 is 27.5 Å². The molecule has 0 saturated heterocycles. The van der Waals surface area contributed by atoms with Gasteiger partial charge >= 0.3 is 0 Å². The second-order valence-electron chi connectivity index (χ2n) is 6.44. The summed E-state index contributed by atoms with van der Waals surface area (Å²) in [4.78, 5) is 14.1. The van der Waals surface area contributed by atoms with E-state index >= 15 is 0 Å². The molecule has 1 amide bonds. The Morgan fingerprint density at radius 2 is 1.68 bits per heavy atom. The lowest BCUT2D eigenvalue weighted by molar-refractivity contribution is -0.130. The van der Waals surface area contributed by atoms with Crippen molar-refractivity contribution in [3.05, 3.63) is 53.1 Å². The minimum atomic E-state index is -3.78. The quantitative estimate of drug-likeness (QED) is 0.711. The molecule has 28 heavy (non-hydrogen) atoms. The highest BCUT2D eigenvalue weighted by molar-refractivity contribution is 7.89. The van der Waals surface area contributed by atoms with Gasteiger partial charge in [0.1, 0.15) is 13.2 Å². The molecule has 0 N–H and O–H groups in total. The Morgan fingerprint density at radius 1 is 1.04 bits per heavy atom. The normalized spacial score (nSPS) is 13.4. The molecular formula is C19H21ClN2O5S. The molecule has 0 radical (unpaired) electrons. The van der Waals surface area contributed by atoms with Gasteiger partial charge in [-0.3, -0.25) is 4.79 Å². The first kappa shape index (κ1) is 20.4. The minimum Gasteiger partial charge on any atom is -0.486 e. The third kappa shape index (κ3) is 4.57. The molecule has 0 fully saturated rings. The van der Waals surface area contributed by atoms with Crippen LogP contribution in [0.2, 0.25) is 5.02 Å². The smallest absolute Gasteiger partial charge is 0.243 e. The number of benzene rings is 2. The first-order valence-corrected chi connectivity index (χ1v) is 10.4. The Morgan fingerprint density at radius 3 is 2.36 bits per heavy atom. The van der Waals surface area contributed by atoms with Crippen molar-refractivity contribution in [3.8, 4) is 11.5 Å². The highest BCUT2D eigenvalue weighted by Gasteiger charge is 2.24. The molecule has 1 heterocycles. The van der Waals surface area contributed by atoms with Gasteiger partial charge in [-0.15, -0.1) is 0 Å². The van der Waals surface area contributed by atoms with E-state index in [0.717, 1.165) is 9.87 Å². The predicted octanol–water partition coefficient (Wildman–Crippen LogP) is 2.39. The molecule has 7 nitrogen and oxygen atoms in total. The lowest BCUT2D eigenvalue weighted by Gasteiger charge is -2.23. The fourth-order valence-electron chi connectivity index (χ4n) is 2.73. The first-order valence-electron chi connectivity index (χ1n) is 8.62. The van der Waals surface area contributed by atoms with Crippen LogP contribution < -0.4 is 9.47 Å². The second kappa shape index (κ2) is 8.38. The molecule has 2 aromatic rings. The zero-order chi connectivity index (χ0) is 20.3. The Hall–Kier alpha value is -2.29. The van der Waals surface area contributed by atoms with E-state index in [-0.39, 0.29) is 17.3 Å². The number of halogens is 1. The molecule has 0 spiro atoms. The maximum Gasteiger partial charge on any atom is 0.243 e. The number of hydrogen-bond acceptors (Lipinski definition) is 5. The van der Waals surface area contributed by atoms with Crippen LogP contribution in [0, 0.1) is 0 Å². The summed E-state index contributed by atoms with van der Waals surface area (Å²) in [6.07, 6.45) is 0. The van der Waals surface area contributed by atoms with Crippen LogP contribution in [0.1, 0.15) is 5.56 Å². The summed E-state index contributed by atoms with van der Waals surface area (Å²) in [5.74, 6) is 1.000. The molecule has 0 atom stereocenters. The molecule has 0 unspecified atom stereocenters. The average molecular weight is 425 g/mol. The van der Waals surface area contributed by atoms with E-state index in [1.54, 1.807) is 13.1 Å². The molecule has 150 valence electrons. The average Bonchev–Trinajstić information content (AvgIpc) is 2.68. The number of rotatable bonds is 6. The van der Waals surface area contributed by atoms with E-state index in [1.807, 2.05) is 12.1 Å². The van der Waals surface area contributed by atoms with Gasteiger partial charge in [0.2, 0.25) is 15.9 Å². The summed E-state index contributed by atoms with van der Waals surface area (Å²) in [5, 5.41) is 0.442. The SMILES string of the molecule is CN(Cc1ccc2c(c1)OCCO2)C(=O)CN(C)S(=O)(=O)c1ccc(Cl)cc1. The van der Waals surface area contributed by atoms with Crippen LogP contribution in [-0.4, -0.2) is 57.4 Å². The van der Waals surface area contributed by atoms with Crippen molar-refractivity contribution in [2.75, 3.05) is 33.9 Å². The fourth-order valence-corrected chi connectivity index (χ4v) is 3.98. The van der Waals surface area contributed by atoms with Crippen molar-refractivity contribution in [2.45, 2.75) is 11.4 Å². The van der Waals surface area contributed by atoms with E-state index in [2.05, 4.69) is 0 Å². The van der Waals surface area contributed by atoms with E-state index in [0.29, 0.717) is 36.3 Å². The Bertz CT molecular complexity index is 963. The molecule has 0 aliphatic carbocycles. The second-order valence-corrected chi connectivity index (χ2v) is 8.92. The van der Waals surface area contributed by atoms with Gasteiger partial charge in [0.15, 0.2) is 11.5 Å². The van der Waals surface area contributed by atoms with Crippen LogP contribution in [0.15, 0.2) is 47.4 Å². The molecule has 1 aliphatic rings. The standard InChI is InChI=1S/C19H21ClN2O5S/c1-21(12-14-3-8-17-18(11-14)27-10-9-26-17)19(23)13-22(2)28(24,25)16-6-4-15(20)5-7-16/h3-8,11H,9-10,12-13H2,1-2H3. The predicted molar refractivity (Wildman–Crippen MR) is 105 cm³/mol. The molecule has 1 aliphatic heterocycles. The lowest BCUT2D eigenvalue weighted by Crippen LogP contribution is -2.39. The maximum atomic E-state index is 12.6. The van der Waals surface area contributed by atoms with Crippen molar-refractivity contribution in [1.82, 2.24) is 9.21 Å². The van der Waals surface area contributed by atoms with Gasteiger partial charge in [0.25, 0.3) is 0 Å². The van der Waals surface area contributed by atoms with Crippen LogP contribution in [0.25, 0.3) is 0 Å². The van der Waals surface area contributed by atoms with Gasteiger partial charge in [-0.1, -0.05) is 17.7 Å². The Kier molecular flexibility index (Phi) is 6.12. The van der Waals surface area contributed by atoms with Crippen molar-refractivity contribution < 1.29 is 22.7 Å². The monoisotopic (exact) mass is 424 g/mol. The highest BCUT2D eigenvalue weighted by Crippen LogP contribution is 2.31. The van der Waals surface area contributed by atoms with Crippen LogP contribution in [-0.2, 0) is 21.4 Å². The summed E-state index contributed by atoms with van der Waals surface area (Å²) in [7, 11) is -0.777. The van der Waals surface area contributed by atoms with Crippen molar-refractivity contribution in [2.24, 2.45) is 0 Å². The summed E-state index contributed by atoms with van der Waals surface area (Å²) in [5.41, 5.74) is 0.864. The van der Waals surface area contributed by atoms with Crippen molar-refractivity contribution in [1.29, 1.82) is 0 Å². The molecule has 0 aromatic heterocycles. The number of hydrogen-bond donors (Lipinski definition) is 0. The summed E-state index contributed by atoms with van der Waals surface area (Å²) in [6.45, 7) is 1.05. The number of amides is 1. The minimum absolute atomic E-state index is 0.0849. The third-order valence-corrected chi connectivity index (χ3v) is 6.40. The van der Waals surface area contributed by atoms with Gasteiger partial charge in [0.05, 0.1) is 11.4 Å². The number of likely N-dealkylation sites (N-methyl/N-ethyl adjacent to an activating group) is 2. The number of fused-ring (bicyclic) bond motifs is 1. The van der Waals surface area contributed by atoms with E-state index < -0.39 is 10.0 Å². The molecular weight excluding hydrogens is 404 g/mol. The van der Waals surface area contributed by atoms with Gasteiger partial charge in [-0.2, -0.15) is 4.31 Å². The van der Waals surface area contributed by atoms with Crippen LogP contribution in [0.4, 0.5) is 0 Å². The third-order valence-electron chi connectivity index (χ3n) is 4.33. The maximum absolute atomic E-state index is 12.6. The molecule has 0 saturated carbocycles. The summed E-state index contributed by atoms with van der Waals surface area (Å²) in [6, 6.07) is 11.3. The topological polar surface area (TPSA) is 76.2 Å².